The first-order chi connectivity index (χ1) is 11.7. The van der Waals surface area contributed by atoms with E-state index in [0.29, 0.717) is 23.6 Å². The standard InChI is InChI=1S/C20H16BrNO2/c21-17-9-4-8-16(12-17)20(23)22-18-10-5-11-19(13-18)24-14-15-6-2-1-3-7-15/h1-13H,14H2,(H,22,23). The smallest absolute Gasteiger partial charge is 0.255 e. The second-order valence-corrected chi connectivity index (χ2v) is 6.18. The summed E-state index contributed by atoms with van der Waals surface area (Å²) in [5.74, 6) is 0.558. The zero-order valence-corrected chi connectivity index (χ0v) is 14.5. The SMILES string of the molecule is O=C(Nc1cccc(OCc2ccccc2)c1)c1cccc(Br)c1. The molecule has 0 unspecified atom stereocenters. The zero-order valence-electron chi connectivity index (χ0n) is 12.9. The number of halogens is 1. The molecule has 0 radical (unpaired) electrons. The van der Waals surface area contributed by atoms with Crippen LogP contribution < -0.4 is 10.1 Å². The van der Waals surface area contributed by atoms with Crippen LogP contribution in [0.4, 0.5) is 5.69 Å². The first-order valence-electron chi connectivity index (χ1n) is 7.54. The van der Waals surface area contributed by atoms with E-state index in [1.165, 1.54) is 0 Å². The molecule has 24 heavy (non-hydrogen) atoms. The third kappa shape index (κ3) is 4.46. The molecular formula is C20H16BrNO2. The second-order valence-electron chi connectivity index (χ2n) is 5.27. The van der Waals surface area contributed by atoms with Crippen LogP contribution >= 0.6 is 15.9 Å². The molecule has 0 fully saturated rings. The van der Waals surface area contributed by atoms with Gasteiger partial charge in [-0.1, -0.05) is 58.4 Å². The Kier molecular flexibility index (Phi) is 5.29. The van der Waals surface area contributed by atoms with Crippen molar-refractivity contribution in [3.05, 3.63) is 94.5 Å². The Morgan fingerprint density at radius 2 is 1.71 bits per heavy atom. The number of carbonyl (C=O) groups is 1. The number of ether oxygens (including phenoxy) is 1. The topological polar surface area (TPSA) is 38.3 Å². The van der Waals surface area contributed by atoms with E-state index in [2.05, 4.69) is 21.2 Å². The van der Waals surface area contributed by atoms with Gasteiger partial charge in [0.1, 0.15) is 12.4 Å². The summed E-state index contributed by atoms with van der Waals surface area (Å²) in [4.78, 5) is 12.3. The van der Waals surface area contributed by atoms with Crippen LogP contribution in [0.1, 0.15) is 15.9 Å². The maximum atomic E-state index is 12.3. The van der Waals surface area contributed by atoms with Gasteiger partial charge in [-0.05, 0) is 35.9 Å². The molecule has 0 bridgehead atoms. The summed E-state index contributed by atoms with van der Waals surface area (Å²) < 4.78 is 6.65. The van der Waals surface area contributed by atoms with E-state index in [9.17, 15) is 4.79 Å². The minimum absolute atomic E-state index is 0.156. The third-order valence-corrected chi connectivity index (χ3v) is 3.92. The van der Waals surface area contributed by atoms with Gasteiger partial charge in [-0.25, -0.2) is 0 Å². The van der Waals surface area contributed by atoms with E-state index in [1.54, 1.807) is 12.1 Å². The molecule has 3 aromatic carbocycles. The zero-order chi connectivity index (χ0) is 16.8. The first-order valence-corrected chi connectivity index (χ1v) is 8.34. The molecular weight excluding hydrogens is 366 g/mol. The van der Waals surface area contributed by atoms with Crippen molar-refractivity contribution in [2.75, 3.05) is 5.32 Å². The lowest BCUT2D eigenvalue weighted by atomic mass is 10.2. The van der Waals surface area contributed by atoms with Gasteiger partial charge in [0, 0.05) is 21.8 Å². The van der Waals surface area contributed by atoms with Gasteiger partial charge in [0.05, 0.1) is 0 Å². The Morgan fingerprint density at radius 3 is 2.50 bits per heavy atom. The lowest BCUT2D eigenvalue weighted by molar-refractivity contribution is 0.102. The highest BCUT2D eigenvalue weighted by Gasteiger charge is 2.07. The average Bonchev–Trinajstić information content (AvgIpc) is 2.61. The summed E-state index contributed by atoms with van der Waals surface area (Å²) >= 11 is 3.37. The highest BCUT2D eigenvalue weighted by Crippen LogP contribution is 2.20. The van der Waals surface area contributed by atoms with Gasteiger partial charge >= 0.3 is 0 Å². The van der Waals surface area contributed by atoms with Crippen LogP contribution in [-0.4, -0.2) is 5.91 Å². The van der Waals surface area contributed by atoms with Crippen molar-refractivity contribution in [1.29, 1.82) is 0 Å². The lowest BCUT2D eigenvalue weighted by Gasteiger charge is -2.09. The summed E-state index contributed by atoms with van der Waals surface area (Å²) in [7, 11) is 0. The van der Waals surface area contributed by atoms with Crippen molar-refractivity contribution in [2.24, 2.45) is 0 Å². The number of benzene rings is 3. The van der Waals surface area contributed by atoms with E-state index in [4.69, 9.17) is 4.74 Å². The monoisotopic (exact) mass is 381 g/mol. The lowest BCUT2D eigenvalue weighted by Crippen LogP contribution is -2.11. The molecule has 3 aromatic rings. The molecule has 0 aliphatic rings. The molecule has 3 nitrogen and oxygen atoms in total. The molecule has 120 valence electrons. The predicted molar refractivity (Wildman–Crippen MR) is 99.3 cm³/mol. The highest BCUT2D eigenvalue weighted by atomic mass is 79.9. The molecule has 0 saturated carbocycles. The molecule has 0 atom stereocenters. The number of rotatable bonds is 5. The number of nitrogens with one attached hydrogen (secondary N) is 1. The molecule has 0 heterocycles. The summed E-state index contributed by atoms with van der Waals surface area (Å²) in [5, 5.41) is 2.88. The van der Waals surface area contributed by atoms with Crippen LogP contribution in [0.25, 0.3) is 0 Å². The number of hydrogen-bond donors (Lipinski definition) is 1. The maximum Gasteiger partial charge on any atom is 0.255 e. The fourth-order valence-electron chi connectivity index (χ4n) is 2.24. The van der Waals surface area contributed by atoms with E-state index >= 15 is 0 Å². The Hall–Kier alpha value is -2.59. The van der Waals surface area contributed by atoms with Crippen LogP contribution in [0.3, 0.4) is 0 Å². The van der Waals surface area contributed by atoms with Crippen LogP contribution in [0.5, 0.6) is 5.75 Å². The molecule has 0 saturated heterocycles. The van der Waals surface area contributed by atoms with Crippen molar-refractivity contribution in [2.45, 2.75) is 6.61 Å². The van der Waals surface area contributed by atoms with E-state index in [0.717, 1.165) is 10.0 Å². The maximum absolute atomic E-state index is 12.3. The molecule has 4 heteroatoms. The van der Waals surface area contributed by atoms with E-state index in [-0.39, 0.29) is 5.91 Å². The highest BCUT2D eigenvalue weighted by molar-refractivity contribution is 9.10. The van der Waals surface area contributed by atoms with Gasteiger partial charge in [0.2, 0.25) is 0 Å². The van der Waals surface area contributed by atoms with Crippen molar-refractivity contribution >= 4 is 27.5 Å². The summed E-state index contributed by atoms with van der Waals surface area (Å²) in [6, 6.07) is 24.6. The average molecular weight is 382 g/mol. The van der Waals surface area contributed by atoms with Gasteiger partial charge in [-0.2, -0.15) is 0 Å². The predicted octanol–water partition coefficient (Wildman–Crippen LogP) is 5.28. The van der Waals surface area contributed by atoms with Gasteiger partial charge in [-0.15, -0.1) is 0 Å². The van der Waals surface area contributed by atoms with Crippen molar-refractivity contribution in [1.82, 2.24) is 0 Å². The van der Waals surface area contributed by atoms with E-state index in [1.807, 2.05) is 66.7 Å². The van der Waals surface area contributed by atoms with Gasteiger partial charge in [-0.3, -0.25) is 4.79 Å². The molecule has 0 aliphatic heterocycles. The third-order valence-electron chi connectivity index (χ3n) is 3.43. The Balaban J connectivity index is 1.65. The second kappa shape index (κ2) is 7.79. The summed E-state index contributed by atoms with van der Waals surface area (Å²) in [6.45, 7) is 0.490. The summed E-state index contributed by atoms with van der Waals surface area (Å²) in [6.07, 6.45) is 0. The quantitative estimate of drug-likeness (QED) is 0.652. The molecule has 0 aromatic heterocycles. The summed E-state index contributed by atoms with van der Waals surface area (Å²) in [5.41, 5.74) is 2.39. The molecule has 1 N–H and O–H groups in total. The Labute approximate surface area is 149 Å². The Morgan fingerprint density at radius 1 is 0.917 bits per heavy atom. The van der Waals surface area contributed by atoms with E-state index < -0.39 is 0 Å². The van der Waals surface area contributed by atoms with Crippen LogP contribution in [-0.2, 0) is 6.61 Å². The van der Waals surface area contributed by atoms with Crippen molar-refractivity contribution in [3.63, 3.8) is 0 Å². The largest absolute Gasteiger partial charge is 0.489 e. The normalized spacial score (nSPS) is 10.2. The van der Waals surface area contributed by atoms with Crippen LogP contribution in [0, 0.1) is 0 Å². The van der Waals surface area contributed by atoms with Gasteiger partial charge in [0.15, 0.2) is 0 Å². The molecule has 0 spiro atoms. The van der Waals surface area contributed by atoms with Crippen LogP contribution in [0.2, 0.25) is 0 Å². The first kappa shape index (κ1) is 16.3. The van der Waals surface area contributed by atoms with Crippen LogP contribution in [0.15, 0.2) is 83.3 Å². The van der Waals surface area contributed by atoms with Crippen molar-refractivity contribution in [3.8, 4) is 5.75 Å². The molecule has 0 aliphatic carbocycles. The molecule has 3 rings (SSSR count). The minimum atomic E-state index is -0.156. The van der Waals surface area contributed by atoms with Gasteiger partial charge in [0.25, 0.3) is 5.91 Å². The van der Waals surface area contributed by atoms with Crippen molar-refractivity contribution < 1.29 is 9.53 Å². The minimum Gasteiger partial charge on any atom is -0.489 e. The molecule has 1 amide bonds. The Bertz CT molecular complexity index is 834. The number of carbonyl (C=O) groups excluding carboxylic acids is 1. The number of amides is 1. The number of hydrogen-bond acceptors (Lipinski definition) is 2. The number of anilines is 1. The fraction of sp³-hybridized carbons (Fsp3) is 0.0500. The fourth-order valence-corrected chi connectivity index (χ4v) is 2.64. The van der Waals surface area contributed by atoms with Gasteiger partial charge < -0.3 is 10.1 Å².